The summed E-state index contributed by atoms with van der Waals surface area (Å²) in [4.78, 5) is 26.7. The van der Waals surface area contributed by atoms with Gasteiger partial charge >= 0.3 is 6.09 Å². The van der Waals surface area contributed by atoms with E-state index in [1.807, 2.05) is 20.8 Å². The Labute approximate surface area is 189 Å². The number of aromatic hydroxyl groups is 1. The molecule has 3 rings (SSSR count). The summed E-state index contributed by atoms with van der Waals surface area (Å²) in [5.41, 5.74) is -0.331. The molecule has 1 aliphatic heterocycles. The van der Waals surface area contributed by atoms with Gasteiger partial charge in [0.1, 0.15) is 11.1 Å². The molecule has 0 radical (unpaired) electrons. The molecule has 0 aliphatic carbocycles. The van der Waals surface area contributed by atoms with Crippen LogP contribution >= 0.6 is 23.4 Å². The summed E-state index contributed by atoms with van der Waals surface area (Å²) in [5, 5.41) is 10.4. The van der Waals surface area contributed by atoms with E-state index >= 15 is 0 Å². The summed E-state index contributed by atoms with van der Waals surface area (Å²) in [7, 11) is 0. The molecule has 0 spiro atoms. The van der Waals surface area contributed by atoms with Gasteiger partial charge in [0.2, 0.25) is 5.88 Å². The van der Waals surface area contributed by atoms with Gasteiger partial charge in [-0.25, -0.2) is 19.2 Å². The van der Waals surface area contributed by atoms with Crippen molar-refractivity contribution in [2.75, 3.05) is 26.0 Å². The van der Waals surface area contributed by atoms with E-state index in [2.05, 4.69) is 15.0 Å². The number of hydrogen-bond donors (Lipinski definition) is 1. The van der Waals surface area contributed by atoms with E-state index in [0.717, 1.165) is 0 Å². The highest BCUT2D eigenvalue weighted by Crippen LogP contribution is 2.32. The van der Waals surface area contributed by atoms with E-state index in [-0.39, 0.29) is 33.1 Å². The minimum absolute atomic E-state index is 0.0760. The number of halogens is 2. The van der Waals surface area contributed by atoms with Crippen LogP contribution in [0.3, 0.4) is 0 Å². The van der Waals surface area contributed by atoms with Crippen LogP contribution in [0.15, 0.2) is 5.16 Å². The number of carbonyl (C=O) groups is 1. The van der Waals surface area contributed by atoms with Gasteiger partial charge in [-0.2, -0.15) is 4.98 Å². The smallest absolute Gasteiger partial charge is 0.410 e. The summed E-state index contributed by atoms with van der Waals surface area (Å²) in [6, 6.07) is -0.272. The second-order valence-corrected chi connectivity index (χ2v) is 9.35. The normalized spacial score (nSPS) is 17.6. The molecule has 31 heavy (non-hydrogen) atoms. The summed E-state index contributed by atoms with van der Waals surface area (Å²) in [6.45, 7) is 6.84. The van der Waals surface area contributed by atoms with E-state index in [4.69, 9.17) is 21.1 Å². The van der Waals surface area contributed by atoms with Crippen LogP contribution in [0.5, 0.6) is 5.88 Å². The van der Waals surface area contributed by atoms with Crippen molar-refractivity contribution in [2.45, 2.75) is 56.8 Å². The summed E-state index contributed by atoms with van der Waals surface area (Å²) in [6.07, 6.45) is 2.77. The molecule has 1 saturated heterocycles. The van der Waals surface area contributed by atoms with Crippen molar-refractivity contribution >= 4 is 40.4 Å². The van der Waals surface area contributed by atoms with E-state index in [9.17, 15) is 14.3 Å². The number of amides is 1. The molecule has 1 fully saturated rings. The summed E-state index contributed by atoms with van der Waals surface area (Å²) in [5.74, 6) is -1.16. The number of hydrogen-bond acceptors (Lipinski definition) is 8. The second-order valence-electron chi connectivity index (χ2n) is 8.22. The lowest BCUT2D eigenvalue weighted by atomic mass is 10.1. The van der Waals surface area contributed by atoms with Gasteiger partial charge in [0.15, 0.2) is 16.1 Å². The van der Waals surface area contributed by atoms with Gasteiger partial charge in [0.05, 0.1) is 23.7 Å². The molecule has 1 amide bonds. The molecule has 170 valence electrons. The number of ether oxygens (including phenoxy) is 2. The Bertz CT molecular complexity index is 973. The van der Waals surface area contributed by atoms with Crippen LogP contribution in [-0.4, -0.2) is 68.7 Å². The van der Waals surface area contributed by atoms with Crippen molar-refractivity contribution in [3.05, 3.63) is 16.7 Å². The van der Waals surface area contributed by atoms with Crippen LogP contribution < -0.4 is 0 Å². The van der Waals surface area contributed by atoms with Gasteiger partial charge in [-0.15, -0.1) is 0 Å². The maximum absolute atomic E-state index is 14.6. The summed E-state index contributed by atoms with van der Waals surface area (Å²) < 4.78 is 25.8. The minimum atomic E-state index is -0.804. The number of thioether (sulfide) groups is 1. The molecule has 2 aromatic rings. The average Bonchev–Trinajstić information content (AvgIpc) is 2.93. The lowest BCUT2D eigenvalue weighted by Gasteiger charge is -2.31. The number of pyridine rings is 1. The van der Waals surface area contributed by atoms with Crippen molar-refractivity contribution in [1.29, 1.82) is 0 Å². The number of aryl methyl sites for hydroxylation is 1. The third kappa shape index (κ3) is 5.67. The van der Waals surface area contributed by atoms with E-state index < -0.39 is 17.5 Å². The Morgan fingerprint density at radius 1 is 1.39 bits per heavy atom. The molecular formula is C20H26ClFN4O4S. The minimum Gasteiger partial charge on any atom is -0.493 e. The Hall–Kier alpha value is -1.91. The number of aromatic nitrogens is 3. The van der Waals surface area contributed by atoms with Gasteiger partial charge in [0.25, 0.3) is 0 Å². The van der Waals surface area contributed by atoms with Crippen molar-refractivity contribution in [3.8, 4) is 5.88 Å². The van der Waals surface area contributed by atoms with Crippen molar-refractivity contribution in [2.24, 2.45) is 0 Å². The maximum Gasteiger partial charge on any atom is 0.410 e. The molecule has 2 aromatic heterocycles. The average molecular weight is 473 g/mol. The molecule has 3 heterocycles. The van der Waals surface area contributed by atoms with E-state index in [1.165, 1.54) is 11.8 Å². The van der Waals surface area contributed by atoms with Crippen molar-refractivity contribution in [1.82, 2.24) is 19.9 Å². The number of fused-ring (bicyclic) bond motifs is 1. The zero-order valence-electron chi connectivity index (χ0n) is 17.9. The Morgan fingerprint density at radius 3 is 2.81 bits per heavy atom. The van der Waals surface area contributed by atoms with Crippen LogP contribution in [0.1, 0.15) is 39.3 Å². The lowest BCUT2D eigenvalue weighted by Crippen LogP contribution is -2.45. The molecule has 11 heteroatoms. The second kappa shape index (κ2) is 9.70. The van der Waals surface area contributed by atoms with Crippen molar-refractivity contribution < 1.29 is 23.8 Å². The first-order valence-corrected chi connectivity index (χ1v) is 11.6. The van der Waals surface area contributed by atoms with Crippen LogP contribution in [0.25, 0.3) is 10.9 Å². The first-order valence-electron chi connectivity index (χ1n) is 9.96. The largest absolute Gasteiger partial charge is 0.493 e. The van der Waals surface area contributed by atoms with Crippen LogP contribution in [0.2, 0.25) is 5.15 Å². The molecule has 1 N–H and O–H groups in total. The maximum atomic E-state index is 14.6. The van der Waals surface area contributed by atoms with E-state index in [1.54, 1.807) is 11.2 Å². The van der Waals surface area contributed by atoms with Gasteiger partial charge in [-0.05, 0) is 46.3 Å². The fraction of sp³-hybridized carbons (Fsp3) is 0.600. The topological polar surface area (TPSA) is 97.7 Å². The highest BCUT2D eigenvalue weighted by molar-refractivity contribution is 7.98. The third-order valence-corrected chi connectivity index (χ3v) is 5.54. The predicted molar refractivity (Wildman–Crippen MR) is 116 cm³/mol. The van der Waals surface area contributed by atoms with Gasteiger partial charge in [-0.1, -0.05) is 23.4 Å². The predicted octanol–water partition coefficient (Wildman–Crippen LogP) is 4.20. The lowest BCUT2D eigenvalue weighted by molar-refractivity contribution is 0.0112. The number of rotatable bonds is 4. The van der Waals surface area contributed by atoms with Crippen LogP contribution in [0, 0.1) is 5.82 Å². The SMILES string of the molecule is CSc1nc(O)c2c(CCC3COCCCN3C(=O)OC(C)(C)C)nc(Cl)c(F)c2n1. The zero-order valence-corrected chi connectivity index (χ0v) is 19.5. The van der Waals surface area contributed by atoms with Crippen molar-refractivity contribution in [3.63, 3.8) is 0 Å². The van der Waals surface area contributed by atoms with Gasteiger partial charge in [0, 0.05) is 13.2 Å². The Kier molecular flexibility index (Phi) is 7.43. The fourth-order valence-corrected chi connectivity index (χ4v) is 3.93. The molecule has 0 bridgehead atoms. The Morgan fingerprint density at radius 2 is 2.13 bits per heavy atom. The summed E-state index contributed by atoms with van der Waals surface area (Å²) >= 11 is 7.17. The zero-order chi connectivity index (χ0) is 22.8. The molecular weight excluding hydrogens is 447 g/mol. The van der Waals surface area contributed by atoms with Crippen LogP contribution in [-0.2, 0) is 15.9 Å². The van der Waals surface area contributed by atoms with Crippen LogP contribution in [0.4, 0.5) is 9.18 Å². The molecule has 8 nitrogen and oxygen atoms in total. The molecule has 1 atom stereocenters. The Balaban J connectivity index is 1.89. The van der Waals surface area contributed by atoms with Gasteiger partial charge < -0.3 is 19.5 Å². The first kappa shape index (κ1) is 23.7. The van der Waals surface area contributed by atoms with Gasteiger partial charge in [-0.3, -0.25) is 0 Å². The highest BCUT2D eigenvalue weighted by atomic mass is 35.5. The standard InChI is InChI=1S/C20H26ClFN4O4S/c1-20(2,3)30-19(28)26-8-5-9-29-10-11(26)6-7-12-13-15(14(22)16(21)23-12)24-18(31-4)25-17(13)27/h11H,5-10H2,1-4H3,(H,24,25,27). The van der Waals surface area contributed by atoms with E-state index in [0.29, 0.717) is 44.7 Å². The monoisotopic (exact) mass is 472 g/mol. The molecule has 1 unspecified atom stereocenters. The molecule has 1 aliphatic rings. The third-order valence-electron chi connectivity index (χ3n) is 4.74. The number of nitrogens with zero attached hydrogens (tertiary/aromatic N) is 4. The molecule has 0 saturated carbocycles. The molecule has 0 aromatic carbocycles. The highest BCUT2D eigenvalue weighted by Gasteiger charge is 2.30. The fourth-order valence-electron chi connectivity index (χ4n) is 3.38. The number of carbonyl (C=O) groups excluding carboxylic acids is 1. The quantitative estimate of drug-likeness (QED) is 0.401. The first-order chi connectivity index (χ1) is 14.6.